The Morgan fingerprint density at radius 1 is 1.16 bits per heavy atom. The van der Waals surface area contributed by atoms with Gasteiger partial charge in [0.1, 0.15) is 23.5 Å². The van der Waals surface area contributed by atoms with Gasteiger partial charge in [0.25, 0.3) is 0 Å². The molecule has 2 heterocycles. The van der Waals surface area contributed by atoms with Crippen molar-refractivity contribution < 1.29 is 14.3 Å². The van der Waals surface area contributed by atoms with E-state index in [0.717, 1.165) is 17.0 Å². The van der Waals surface area contributed by atoms with Gasteiger partial charge in [0.05, 0.1) is 11.9 Å². The van der Waals surface area contributed by atoms with Crippen LogP contribution in [0.2, 0.25) is 0 Å². The fourth-order valence-electron chi connectivity index (χ4n) is 3.58. The van der Waals surface area contributed by atoms with Crippen molar-refractivity contribution in [2.75, 3.05) is 20.6 Å². The molecule has 0 aliphatic heterocycles. The van der Waals surface area contributed by atoms with Crippen molar-refractivity contribution >= 4 is 33.7 Å². The molecule has 4 rings (SSSR count). The summed E-state index contributed by atoms with van der Waals surface area (Å²) in [6.45, 7) is 5.84. The molecular formula is C23H38N4O3S. The molecule has 1 amide bonds. The second-order valence-corrected chi connectivity index (χ2v) is 8.12. The molecule has 2 N–H and O–H groups in total. The lowest BCUT2D eigenvalue weighted by Crippen LogP contribution is -2.28. The molecule has 0 unspecified atom stereocenters. The van der Waals surface area contributed by atoms with Crippen LogP contribution in [-0.2, 0) is 22.4 Å². The summed E-state index contributed by atoms with van der Waals surface area (Å²) in [6, 6.07) is 0. The Balaban J connectivity index is 0.000000339. The highest BCUT2D eigenvalue weighted by molar-refractivity contribution is 7.18. The number of carbonyl (C=O) groups is 2. The Hall–Kier alpha value is -2.06. The average Bonchev–Trinajstić information content (AvgIpc) is 3.39. The Labute approximate surface area is 190 Å². The topological polar surface area (TPSA) is 93.2 Å². The normalized spacial score (nSPS) is 14.6. The molecule has 2 aliphatic rings. The van der Waals surface area contributed by atoms with Crippen molar-refractivity contribution in [3.63, 3.8) is 0 Å². The molecule has 2 aromatic rings. The van der Waals surface area contributed by atoms with Gasteiger partial charge < -0.3 is 20.2 Å². The first-order valence-electron chi connectivity index (χ1n) is 11.3. The predicted molar refractivity (Wildman–Crippen MR) is 128 cm³/mol. The summed E-state index contributed by atoms with van der Waals surface area (Å²) in [5.41, 5.74) is 1.46. The van der Waals surface area contributed by atoms with Crippen LogP contribution in [0.5, 0.6) is 5.88 Å². The van der Waals surface area contributed by atoms with Crippen molar-refractivity contribution in [3.8, 4) is 5.88 Å². The quantitative estimate of drug-likeness (QED) is 0.682. The second kappa shape index (κ2) is 15.7. The number of amides is 1. The zero-order chi connectivity index (χ0) is 23.1. The Morgan fingerprint density at radius 3 is 2.42 bits per heavy atom. The molecule has 0 aromatic carbocycles. The number of thiophene rings is 1. The average molecular weight is 451 g/mol. The van der Waals surface area contributed by atoms with Crippen molar-refractivity contribution in [1.29, 1.82) is 0 Å². The molecule has 0 saturated heterocycles. The highest BCUT2D eigenvalue weighted by Crippen LogP contribution is 2.40. The second-order valence-electron chi connectivity index (χ2n) is 7.03. The zero-order valence-corrected chi connectivity index (χ0v) is 20.4. The smallest absolute Gasteiger partial charge is 0.233 e. The van der Waals surface area contributed by atoms with Crippen molar-refractivity contribution in [2.45, 2.75) is 78.2 Å². The number of fused-ring (bicyclic) bond motifs is 3. The van der Waals surface area contributed by atoms with Gasteiger partial charge in [-0.15, -0.1) is 11.3 Å². The number of hydrogen-bond acceptors (Lipinski definition) is 7. The van der Waals surface area contributed by atoms with Crippen LogP contribution in [-0.4, -0.2) is 48.9 Å². The van der Waals surface area contributed by atoms with E-state index < -0.39 is 0 Å². The van der Waals surface area contributed by atoms with Gasteiger partial charge in [-0.3, -0.25) is 4.79 Å². The minimum Gasteiger partial charge on any atom is -0.474 e. The number of ether oxygens (including phenoxy) is 1. The predicted octanol–water partition coefficient (Wildman–Crippen LogP) is 4.07. The van der Waals surface area contributed by atoms with Gasteiger partial charge in [0, 0.05) is 11.9 Å². The third-order valence-electron chi connectivity index (χ3n) is 4.91. The molecule has 7 nitrogen and oxygen atoms in total. The highest BCUT2D eigenvalue weighted by Gasteiger charge is 2.24. The van der Waals surface area contributed by atoms with E-state index in [-0.39, 0.29) is 5.91 Å². The van der Waals surface area contributed by atoms with Crippen LogP contribution in [0.25, 0.3) is 10.2 Å². The Bertz CT molecular complexity index is 788. The largest absolute Gasteiger partial charge is 0.474 e. The lowest BCUT2D eigenvalue weighted by atomic mass is 9.98. The molecule has 1 saturated carbocycles. The maximum absolute atomic E-state index is 10.2. The number of hydrogen-bond donors (Lipinski definition) is 2. The molecule has 2 aliphatic carbocycles. The molecule has 174 valence electrons. The van der Waals surface area contributed by atoms with Crippen LogP contribution in [0.1, 0.15) is 69.7 Å². The summed E-state index contributed by atoms with van der Waals surface area (Å²) < 4.78 is 6.21. The standard InChI is InChI=1S/C15H18N2OS.C4H10N2O.C2H4O.C2H6/c1-2-5-10(6-3-1)18-14-13-11-7-4-8-12(11)19-15(13)17-9-16-14;1-5-3-4(7)6-2;1-2-3;1-2/h9-10H,1-8H2;5H,3H2,1-2H3,(H,6,7);2H,1H3;1-2H3. The maximum atomic E-state index is 10.2. The van der Waals surface area contributed by atoms with Gasteiger partial charge in [-0.05, 0) is 64.5 Å². The van der Waals surface area contributed by atoms with Gasteiger partial charge in [0.15, 0.2) is 0 Å². The minimum atomic E-state index is 0.0162. The summed E-state index contributed by atoms with van der Waals surface area (Å²) in [5.74, 6) is 0.860. The van der Waals surface area contributed by atoms with Crippen molar-refractivity contribution in [1.82, 2.24) is 20.6 Å². The van der Waals surface area contributed by atoms with E-state index in [9.17, 15) is 4.79 Å². The third-order valence-corrected chi connectivity index (χ3v) is 6.11. The SMILES string of the molecule is CC.CC=O.CNCC(=O)NC.c1nc(OC2CCCCC2)c2c3c(sc2n1)CCC3. The Morgan fingerprint density at radius 2 is 1.84 bits per heavy atom. The zero-order valence-electron chi connectivity index (χ0n) is 19.6. The fraction of sp³-hybridized carbons (Fsp3) is 0.652. The molecule has 0 bridgehead atoms. The number of aldehydes is 1. The minimum absolute atomic E-state index is 0.0162. The number of nitrogens with one attached hydrogen (secondary N) is 2. The van der Waals surface area contributed by atoms with Gasteiger partial charge in [0.2, 0.25) is 11.8 Å². The monoisotopic (exact) mass is 450 g/mol. The van der Waals surface area contributed by atoms with E-state index in [1.807, 2.05) is 25.2 Å². The molecule has 0 spiro atoms. The number of rotatable bonds is 4. The van der Waals surface area contributed by atoms with Crippen LogP contribution < -0.4 is 15.4 Å². The lowest BCUT2D eigenvalue weighted by molar-refractivity contribution is -0.119. The first kappa shape index (κ1) is 27.0. The van der Waals surface area contributed by atoms with Crippen LogP contribution in [0, 0.1) is 0 Å². The van der Waals surface area contributed by atoms with Gasteiger partial charge in [-0.25, -0.2) is 9.97 Å². The van der Waals surface area contributed by atoms with Crippen LogP contribution in [0.15, 0.2) is 6.33 Å². The number of nitrogens with zero attached hydrogens (tertiary/aromatic N) is 2. The summed E-state index contributed by atoms with van der Waals surface area (Å²) in [4.78, 5) is 30.5. The van der Waals surface area contributed by atoms with E-state index >= 15 is 0 Å². The molecule has 0 atom stereocenters. The summed E-state index contributed by atoms with van der Waals surface area (Å²) in [5, 5.41) is 6.38. The number of carbonyl (C=O) groups excluding carboxylic acids is 2. The van der Waals surface area contributed by atoms with Gasteiger partial charge >= 0.3 is 0 Å². The summed E-state index contributed by atoms with van der Waals surface area (Å²) in [7, 11) is 3.34. The van der Waals surface area contributed by atoms with E-state index in [1.165, 1.54) is 74.1 Å². The number of likely N-dealkylation sites (N-methyl/N-ethyl adjacent to an activating group) is 2. The van der Waals surface area contributed by atoms with Crippen molar-refractivity contribution in [2.24, 2.45) is 0 Å². The first-order chi connectivity index (χ1) is 15.1. The third kappa shape index (κ3) is 8.53. The maximum Gasteiger partial charge on any atom is 0.233 e. The Kier molecular flexibility index (Phi) is 13.7. The van der Waals surface area contributed by atoms with E-state index in [4.69, 9.17) is 9.53 Å². The van der Waals surface area contributed by atoms with Crippen molar-refractivity contribution in [3.05, 3.63) is 16.8 Å². The van der Waals surface area contributed by atoms with E-state index in [0.29, 0.717) is 12.6 Å². The van der Waals surface area contributed by atoms with Crippen LogP contribution in [0.3, 0.4) is 0 Å². The fourth-order valence-corrected chi connectivity index (χ4v) is 4.80. The lowest BCUT2D eigenvalue weighted by Gasteiger charge is -2.22. The summed E-state index contributed by atoms with van der Waals surface area (Å²) in [6.07, 6.45) is 12.7. The molecule has 0 radical (unpaired) electrons. The van der Waals surface area contributed by atoms with E-state index in [1.54, 1.807) is 20.4 Å². The molecule has 1 fully saturated rings. The van der Waals surface area contributed by atoms with Crippen LogP contribution in [0.4, 0.5) is 0 Å². The highest BCUT2D eigenvalue weighted by atomic mass is 32.1. The molecular weight excluding hydrogens is 412 g/mol. The van der Waals surface area contributed by atoms with Gasteiger partial charge in [-0.1, -0.05) is 20.3 Å². The summed E-state index contributed by atoms with van der Waals surface area (Å²) >= 11 is 1.83. The molecule has 31 heavy (non-hydrogen) atoms. The molecule has 8 heteroatoms. The first-order valence-corrected chi connectivity index (χ1v) is 12.1. The van der Waals surface area contributed by atoms with Crippen LogP contribution >= 0.6 is 11.3 Å². The number of aromatic nitrogens is 2. The van der Waals surface area contributed by atoms with Gasteiger partial charge in [-0.2, -0.15) is 0 Å². The number of aryl methyl sites for hydroxylation is 2. The molecule has 2 aromatic heterocycles. The van der Waals surface area contributed by atoms with E-state index in [2.05, 4.69) is 20.6 Å².